The number of carboxylic acids is 1. The Balaban J connectivity index is 2.62. The summed E-state index contributed by atoms with van der Waals surface area (Å²) in [6.07, 6.45) is -2.66. The summed E-state index contributed by atoms with van der Waals surface area (Å²) in [7, 11) is 0. The largest absolute Gasteiger partial charge is 0.481 e. The Morgan fingerprint density at radius 2 is 1.78 bits per heavy atom. The average Bonchev–Trinajstić information content (AvgIpc) is 2.28. The van der Waals surface area contributed by atoms with Gasteiger partial charge in [-0.2, -0.15) is 0 Å². The van der Waals surface area contributed by atoms with Crippen LogP contribution in [0.4, 0.5) is 0 Å². The molecule has 0 aromatic heterocycles. The third-order valence-corrected chi connectivity index (χ3v) is 2.12. The molecule has 18 heavy (non-hydrogen) atoms. The van der Waals surface area contributed by atoms with Gasteiger partial charge in [0.25, 0.3) is 0 Å². The number of carbonyl (C=O) groups is 3. The highest BCUT2D eigenvalue weighted by Gasteiger charge is 2.23. The molecule has 0 fully saturated rings. The van der Waals surface area contributed by atoms with Crippen molar-refractivity contribution in [2.75, 3.05) is 0 Å². The van der Waals surface area contributed by atoms with Crippen molar-refractivity contribution in [3.63, 3.8) is 0 Å². The maximum atomic E-state index is 11.5. The minimum Gasteiger partial charge on any atom is -0.481 e. The Labute approximate surface area is 103 Å². The van der Waals surface area contributed by atoms with E-state index in [1.807, 2.05) is 6.92 Å². The minimum absolute atomic E-state index is 0.150. The maximum Gasteiger partial charge on any atom is 0.345 e. The SMILES string of the molecule is Cc1ccc(C(=O)OC(=O)C(O)CC(=O)O)cc1. The number of carbonyl (C=O) groups excluding carboxylic acids is 2. The number of aliphatic carboxylic acids is 1. The molecule has 6 heteroatoms. The van der Waals surface area contributed by atoms with Gasteiger partial charge in [-0.15, -0.1) is 0 Å². The quantitative estimate of drug-likeness (QED) is 0.598. The molecular weight excluding hydrogens is 240 g/mol. The molecule has 0 heterocycles. The van der Waals surface area contributed by atoms with Gasteiger partial charge in [0.05, 0.1) is 12.0 Å². The molecule has 0 radical (unpaired) electrons. The molecule has 0 saturated heterocycles. The number of aliphatic hydroxyl groups is 1. The number of benzene rings is 1. The predicted molar refractivity (Wildman–Crippen MR) is 59.9 cm³/mol. The molecule has 0 saturated carbocycles. The van der Waals surface area contributed by atoms with Crippen LogP contribution in [-0.2, 0) is 14.3 Å². The van der Waals surface area contributed by atoms with Crippen LogP contribution in [-0.4, -0.2) is 34.2 Å². The summed E-state index contributed by atoms with van der Waals surface area (Å²) in [6.45, 7) is 1.83. The van der Waals surface area contributed by atoms with E-state index in [-0.39, 0.29) is 5.56 Å². The van der Waals surface area contributed by atoms with Gasteiger partial charge in [-0.25, -0.2) is 9.59 Å². The summed E-state index contributed by atoms with van der Waals surface area (Å²) >= 11 is 0. The molecule has 1 unspecified atom stereocenters. The fourth-order valence-corrected chi connectivity index (χ4v) is 1.16. The lowest BCUT2D eigenvalue weighted by molar-refractivity contribution is -0.153. The van der Waals surface area contributed by atoms with E-state index >= 15 is 0 Å². The van der Waals surface area contributed by atoms with E-state index < -0.39 is 30.4 Å². The lowest BCUT2D eigenvalue weighted by atomic mass is 10.1. The van der Waals surface area contributed by atoms with Crippen LogP contribution in [0.2, 0.25) is 0 Å². The molecule has 0 aliphatic carbocycles. The molecule has 1 aromatic rings. The van der Waals surface area contributed by atoms with Crippen LogP contribution in [0.1, 0.15) is 22.3 Å². The number of hydrogen-bond donors (Lipinski definition) is 2. The Kier molecular flexibility index (Phi) is 4.56. The van der Waals surface area contributed by atoms with E-state index in [0.29, 0.717) is 0 Å². The van der Waals surface area contributed by atoms with Crippen LogP contribution in [0.5, 0.6) is 0 Å². The van der Waals surface area contributed by atoms with Crippen LogP contribution in [0.15, 0.2) is 24.3 Å². The van der Waals surface area contributed by atoms with E-state index in [1.165, 1.54) is 12.1 Å². The van der Waals surface area contributed by atoms with Crippen molar-refractivity contribution < 1.29 is 29.3 Å². The Morgan fingerprint density at radius 1 is 1.22 bits per heavy atom. The number of rotatable bonds is 4. The van der Waals surface area contributed by atoms with Crippen molar-refractivity contribution >= 4 is 17.9 Å². The topological polar surface area (TPSA) is 101 Å². The zero-order chi connectivity index (χ0) is 13.7. The van der Waals surface area contributed by atoms with Gasteiger partial charge in [0.15, 0.2) is 6.10 Å². The third kappa shape index (κ3) is 3.99. The number of hydrogen-bond acceptors (Lipinski definition) is 5. The van der Waals surface area contributed by atoms with Crippen molar-refractivity contribution in [1.82, 2.24) is 0 Å². The second-order valence-electron chi connectivity index (χ2n) is 3.69. The van der Waals surface area contributed by atoms with Crippen molar-refractivity contribution in [3.05, 3.63) is 35.4 Å². The fourth-order valence-electron chi connectivity index (χ4n) is 1.16. The van der Waals surface area contributed by atoms with Crippen molar-refractivity contribution in [2.24, 2.45) is 0 Å². The first kappa shape index (κ1) is 13.9. The van der Waals surface area contributed by atoms with Gasteiger partial charge < -0.3 is 14.9 Å². The molecule has 1 atom stereocenters. The smallest absolute Gasteiger partial charge is 0.345 e. The molecule has 1 rings (SSSR count). The summed E-state index contributed by atoms with van der Waals surface area (Å²) in [5.74, 6) is -3.56. The lowest BCUT2D eigenvalue weighted by Crippen LogP contribution is -2.28. The van der Waals surface area contributed by atoms with Crippen molar-refractivity contribution in [1.29, 1.82) is 0 Å². The second-order valence-corrected chi connectivity index (χ2v) is 3.69. The average molecular weight is 252 g/mol. The summed E-state index contributed by atoms with van der Waals surface area (Å²) in [6, 6.07) is 6.26. The number of aliphatic hydroxyl groups excluding tert-OH is 1. The fraction of sp³-hybridized carbons (Fsp3) is 0.250. The highest BCUT2D eigenvalue weighted by atomic mass is 16.6. The van der Waals surface area contributed by atoms with Crippen LogP contribution < -0.4 is 0 Å². The number of esters is 2. The van der Waals surface area contributed by atoms with Gasteiger partial charge in [-0.05, 0) is 19.1 Å². The molecule has 6 nitrogen and oxygen atoms in total. The summed E-state index contributed by atoms with van der Waals surface area (Å²) in [5.41, 5.74) is 1.08. The van der Waals surface area contributed by atoms with E-state index in [0.717, 1.165) is 5.56 Å². The first-order valence-electron chi connectivity index (χ1n) is 5.12. The van der Waals surface area contributed by atoms with Crippen LogP contribution in [0.25, 0.3) is 0 Å². The van der Waals surface area contributed by atoms with Crippen molar-refractivity contribution in [2.45, 2.75) is 19.4 Å². The van der Waals surface area contributed by atoms with Gasteiger partial charge >= 0.3 is 17.9 Å². The van der Waals surface area contributed by atoms with Crippen LogP contribution in [0, 0.1) is 6.92 Å². The van der Waals surface area contributed by atoms with Gasteiger partial charge in [0.1, 0.15) is 0 Å². The normalized spacial score (nSPS) is 11.7. The lowest BCUT2D eigenvalue weighted by Gasteiger charge is -2.07. The highest BCUT2D eigenvalue weighted by molar-refractivity contribution is 5.98. The maximum absolute atomic E-state index is 11.5. The van der Waals surface area contributed by atoms with Gasteiger partial charge in [-0.3, -0.25) is 4.79 Å². The highest BCUT2D eigenvalue weighted by Crippen LogP contribution is 2.06. The second kappa shape index (κ2) is 5.92. The molecule has 0 aliphatic heterocycles. The first-order chi connectivity index (χ1) is 8.40. The van der Waals surface area contributed by atoms with Gasteiger partial charge in [-0.1, -0.05) is 17.7 Å². The molecular formula is C12H12O6. The number of carboxylic acid groups (broad SMARTS) is 1. The monoisotopic (exact) mass is 252 g/mol. The zero-order valence-electron chi connectivity index (χ0n) is 9.62. The summed E-state index contributed by atoms with van der Waals surface area (Å²) < 4.78 is 4.35. The van der Waals surface area contributed by atoms with E-state index in [1.54, 1.807) is 12.1 Å². The molecule has 1 aromatic carbocycles. The zero-order valence-corrected chi connectivity index (χ0v) is 9.62. The Morgan fingerprint density at radius 3 is 2.28 bits per heavy atom. The van der Waals surface area contributed by atoms with Crippen LogP contribution in [0.3, 0.4) is 0 Å². The van der Waals surface area contributed by atoms with Crippen molar-refractivity contribution in [3.8, 4) is 0 Å². The Hall–Kier alpha value is -2.21. The molecule has 96 valence electrons. The molecule has 2 N–H and O–H groups in total. The van der Waals surface area contributed by atoms with Crippen LogP contribution >= 0.6 is 0 Å². The Bertz CT molecular complexity index is 462. The molecule has 0 bridgehead atoms. The first-order valence-corrected chi connectivity index (χ1v) is 5.12. The molecule has 0 spiro atoms. The van der Waals surface area contributed by atoms with E-state index in [9.17, 15) is 14.4 Å². The third-order valence-electron chi connectivity index (χ3n) is 2.12. The summed E-state index contributed by atoms with van der Waals surface area (Å²) in [4.78, 5) is 32.9. The molecule has 0 aliphatic rings. The summed E-state index contributed by atoms with van der Waals surface area (Å²) in [5, 5.41) is 17.5. The molecule has 0 amide bonds. The van der Waals surface area contributed by atoms with Gasteiger partial charge in [0.2, 0.25) is 0 Å². The predicted octanol–water partition coefficient (Wildman–Crippen LogP) is 0.514. The van der Waals surface area contributed by atoms with E-state index in [2.05, 4.69) is 4.74 Å². The van der Waals surface area contributed by atoms with Gasteiger partial charge in [0, 0.05) is 0 Å². The minimum atomic E-state index is -1.85. The number of aryl methyl sites for hydroxylation is 1. The standard InChI is InChI=1S/C12H12O6/c1-7-2-4-8(5-3-7)11(16)18-12(17)9(13)6-10(14)15/h2-5,9,13H,6H2,1H3,(H,14,15). The van der Waals surface area contributed by atoms with E-state index in [4.69, 9.17) is 10.2 Å². The number of ether oxygens (including phenoxy) is 1.